The molecule has 2 amide bonds. The monoisotopic (exact) mass is 295 g/mol. The summed E-state index contributed by atoms with van der Waals surface area (Å²) in [6.07, 6.45) is 4.10. The van der Waals surface area contributed by atoms with E-state index in [0.717, 1.165) is 25.8 Å². The first-order valence-corrected chi connectivity index (χ1v) is 8.30. The summed E-state index contributed by atoms with van der Waals surface area (Å²) in [6, 6.07) is 0.264. The van der Waals surface area contributed by atoms with Crippen LogP contribution in [0.1, 0.15) is 46.0 Å². The number of piperazine rings is 1. The zero-order valence-corrected chi connectivity index (χ0v) is 13.4. The molecule has 0 radical (unpaired) electrons. The molecular formula is C16H29N3O2. The van der Waals surface area contributed by atoms with Gasteiger partial charge in [0.25, 0.3) is 0 Å². The van der Waals surface area contributed by atoms with E-state index in [1.165, 1.54) is 0 Å². The Kier molecular flexibility index (Phi) is 5.62. The molecule has 2 heterocycles. The number of amides is 2. The largest absolute Gasteiger partial charge is 0.339 e. The zero-order valence-electron chi connectivity index (χ0n) is 13.4. The Morgan fingerprint density at radius 3 is 2.76 bits per heavy atom. The van der Waals surface area contributed by atoms with Crippen molar-refractivity contribution >= 4 is 11.8 Å². The smallest absolute Gasteiger partial charge is 0.223 e. The highest BCUT2D eigenvalue weighted by molar-refractivity contribution is 5.80. The van der Waals surface area contributed by atoms with Crippen LogP contribution in [-0.4, -0.2) is 53.8 Å². The number of carbonyl (C=O) groups excluding carboxylic acids is 2. The molecule has 2 rings (SSSR count). The molecule has 21 heavy (non-hydrogen) atoms. The van der Waals surface area contributed by atoms with Gasteiger partial charge in [0.15, 0.2) is 0 Å². The average Bonchev–Trinajstić information content (AvgIpc) is 2.83. The second-order valence-electron chi connectivity index (χ2n) is 6.74. The molecule has 2 atom stereocenters. The normalized spacial score (nSPS) is 23.6. The summed E-state index contributed by atoms with van der Waals surface area (Å²) < 4.78 is 0. The van der Waals surface area contributed by atoms with Crippen molar-refractivity contribution in [3.05, 3.63) is 0 Å². The lowest BCUT2D eigenvalue weighted by Gasteiger charge is -2.37. The Bertz CT molecular complexity index is 384. The van der Waals surface area contributed by atoms with Gasteiger partial charge in [-0.1, -0.05) is 13.8 Å². The van der Waals surface area contributed by atoms with Crippen LogP contribution in [0.5, 0.6) is 0 Å². The Labute approximate surface area is 127 Å². The minimum atomic E-state index is 0.247. The first kappa shape index (κ1) is 16.3. The average molecular weight is 295 g/mol. The van der Waals surface area contributed by atoms with Gasteiger partial charge in [-0.25, -0.2) is 0 Å². The maximum atomic E-state index is 12.4. The van der Waals surface area contributed by atoms with Crippen LogP contribution in [0.2, 0.25) is 0 Å². The molecule has 0 saturated carbocycles. The maximum absolute atomic E-state index is 12.4. The minimum absolute atomic E-state index is 0.247. The Morgan fingerprint density at radius 1 is 1.33 bits per heavy atom. The highest BCUT2D eigenvalue weighted by atomic mass is 16.2. The minimum Gasteiger partial charge on any atom is -0.339 e. The molecule has 2 saturated heterocycles. The quantitative estimate of drug-likeness (QED) is 0.801. The highest BCUT2D eigenvalue weighted by Gasteiger charge is 2.36. The van der Waals surface area contributed by atoms with E-state index in [-0.39, 0.29) is 17.9 Å². The van der Waals surface area contributed by atoms with Gasteiger partial charge in [0.2, 0.25) is 11.8 Å². The van der Waals surface area contributed by atoms with Crippen LogP contribution < -0.4 is 5.73 Å². The Morgan fingerprint density at radius 2 is 2.10 bits per heavy atom. The first-order chi connectivity index (χ1) is 10.0. The lowest BCUT2D eigenvalue weighted by Crippen LogP contribution is -2.53. The van der Waals surface area contributed by atoms with Gasteiger partial charge in [-0.05, 0) is 37.6 Å². The van der Waals surface area contributed by atoms with Gasteiger partial charge < -0.3 is 15.5 Å². The third kappa shape index (κ3) is 3.96. The second kappa shape index (κ2) is 7.25. The molecule has 0 aromatic heterocycles. The lowest BCUT2D eigenvalue weighted by molar-refractivity contribution is -0.139. The fourth-order valence-corrected chi connectivity index (χ4v) is 3.58. The van der Waals surface area contributed by atoms with Crippen molar-refractivity contribution in [1.29, 1.82) is 0 Å². The number of nitrogens with zero attached hydrogens (tertiary/aromatic N) is 2. The van der Waals surface area contributed by atoms with E-state index in [1.54, 1.807) is 0 Å². The standard InChI is InChI=1S/C16H29N3O2/c1-12(2)13(7-8-17)3-5-15(20)18-9-10-19-14(11-18)4-6-16(19)21/h12-14H,3-11,17H2,1-2H3. The molecule has 2 aliphatic heterocycles. The molecule has 0 aromatic carbocycles. The van der Waals surface area contributed by atoms with E-state index in [9.17, 15) is 9.59 Å². The molecule has 2 fully saturated rings. The summed E-state index contributed by atoms with van der Waals surface area (Å²) in [6.45, 7) is 7.24. The fourth-order valence-electron chi connectivity index (χ4n) is 3.58. The predicted molar refractivity (Wildman–Crippen MR) is 82.5 cm³/mol. The molecule has 5 heteroatoms. The van der Waals surface area contributed by atoms with Crippen LogP contribution in [-0.2, 0) is 9.59 Å². The highest BCUT2D eigenvalue weighted by Crippen LogP contribution is 2.25. The first-order valence-electron chi connectivity index (χ1n) is 8.30. The Balaban J connectivity index is 1.80. The van der Waals surface area contributed by atoms with Gasteiger partial charge in [-0.2, -0.15) is 0 Å². The van der Waals surface area contributed by atoms with Crippen molar-refractivity contribution < 1.29 is 9.59 Å². The summed E-state index contributed by atoms with van der Waals surface area (Å²) >= 11 is 0. The summed E-state index contributed by atoms with van der Waals surface area (Å²) in [7, 11) is 0. The molecule has 120 valence electrons. The van der Waals surface area contributed by atoms with E-state index in [1.807, 2.05) is 9.80 Å². The van der Waals surface area contributed by atoms with Crippen LogP contribution in [0, 0.1) is 11.8 Å². The van der Waals surface area contributed by atoms with E-state index in [0.29, 0.717) is 44.3 Å². The van der Waals surface area contributed by atoms with Gasteiger partial charge in [0.05, 0.1) is 0 Å². The van der Waals surface area contributed by atoms with E-state index in [4.69, 9.17) is 5.73 Å². The fraction of sp³-hybridized carbons (Fsp3) is 0.875. The van der Waals surface area contributed by atoms with E-state index >= 15 is 0 Å². The number of carbonyl (C=O) groups is 2. The molecule has 2 N–H and O–H groups in total. The summed E-state index contributed by atoms with van der Waals surface area (Å²) in [4.78, 5) is 28.0. The van der Waals surface area contributed by atoms with Crippen molar-refractivity contribution in [3.63, 3.8) is 0 Å². The summed E-state index contributed by atoms with van der Waals surface area (Å²) in [5.74, 6) is 1.62. The van der Waals surface area contributed by atoms with E-state index < -0.39 is 0 Å². The van der Waals surface area contributed by atoms with Crippen molar-refractivity contribution in [3.8, 4) is 0 Å². The lowest BCUT2D eigenvalue weighted by atomic mass is 9.88. The maximum Gasteiger partial charge on any atom is 0.223 e. The van der Waals surface area contributed by atoms with Crippen LogP contribution in [0.3, 0.4) is 0 Å². The van der Waals surface area contributed by atoms with Crippen LogP contribution in [0.15, 0.2) is 0 Å². The van der Waals surface area contributed by atoms with Crippen LogP contribution in [0.25, 0.3) is 0 Å². The van der Waals surface area contributed by atoms with Gasteiger partial charge in [-0.3, -0.25) is 9.59 Å². The molecule has 0 spiro atoms. The predicted octanol–water partition coefficient (Wildman–Crippen LogP) is 1.22. The van der Waals surface area contributed by atoms with Crippen molar-refractivity contribution in [2.45, 2.75) is 52.0 Å². The third-order valence-corrected chi connectivity index (χ3v) is 5.06. The molecule has 0 aliphatic carbocycles. The van der Waals surface area contributed by atoms with Crippen molar-refractivity contribution in [2.75, 3.05) is 26.2 Å². The molecular weight excluding hydrogens is 266 g/mol. The summed E-state index contributed by atoms with van der Waals surface area (Å²) in [5.41, 5.74) is 5.66. The van der Waals surface area contributed by atoms with Crippen molar-refractivity contribution in [1.82, 2.24) is 9.80 Å². The number of fused-ring (bicyclic) bond motifs is 1. The Hall–Kier alpha value is -1.10. The molecule has 0 bridgehead atoms. The molecule has 2 unspecified atom stereocenters. The third-order valence-electron chi connectivity index (χ3n) is 5.06. The summed E-state index contributed by atoms with van der Waals surface area (Å²) in [5, 5.41) is 0. The van der Waals surface area contributed by atoms with Crippen LogP contribution >= 0.6 is 0 Å². The topological polar surface area (TPSA) is 66.6 Å². The number of hydrogen-bond acceptors (Lipinski definition) is 3. The van der Waals surface area contributed by atoms with E-state index in [2.05, 4.69) is 13.8 Å². The van der Waals surface area contributed by atoms with Gasteiger partial charge in [0.1, 0.15) is 0 Å². The second-order valence-corrected chi connectivity index (χ2v) is 6.74. The zero-order chi connectivity index (χ0) is 15.4. The number of nitrogens with two attached hydrogens (primary N) is 1. The molecule has 0 aromatic rings. The number of rotatable bonds is 6. The molecule has 2 aliphatic rings. The van der Waals surface area contributed by atoms with Gasteiger partial charge >= 0.3 is 0 Å². The van der Waals surface area contributed by atoms with Gasteiger partial charge in [-0.15, -0.1) is 0 Å². The van der Waals surface area contributed by atoms with Crippen molar-refractivity contribution in [2.24, 2.45) is 17.6 Å². The van der Waals surface area contributed by atoms with Crippen LogP contribution in [0.4, 0.5) is 0 Å². The number of hydrogen-bond donors (Lipinski definition) is 1. The SMILES string of the molecule is CC(C)C(CCN)CCC(=O)N1CCN2C(=O)CCC2C1. The van der Waals surface area contributed by atoms with Gasteiger partial charge in [0, 0.05) is 38.5 Å². The molecule has 5 nitrogen and oxygen atoms in total.